The van der Waals surface area contributed by atoms with Gasteiger partial charge in [0.1, 0.15) is 12.2 Å². The summed E-state index contributed by atoms with van der Waals surface area (Å²) in [5.74, 6) is 0. The number of methoxy groups -OCH3 is 1. The van der Waals surface area contributed by atoms with Gasteiger partial charge in [-0.2, -0.15) is 4.98 Å². The zero-order valence-electron chi connectivity index (χ0n) is 13.6. The SMILES string of the molecule is COCCOc1ncc2c(n1)CN(C(=O)OC(C)(C)C)CC2. The Kier molecular flexibility index (Phi) is 5.18. The van der Waals surface area contributed by atoms with E-state index >= 15 is 0 Å². The Morgan fingerprint density at radius 2 is 2.14 bits per heavy atom. The highest BCUT2D eigenvalue weighted by molar-refractivity contribution is 5.68. The Balaban J connectivity index is 2.02. The van der Waals surface area contributed by atoms with Gasteiger partial charge in [0.05, 0.1) is 18.8 Å². The van der Waals surface area contributed by atoms with E-state index in [4.69, 9.17) is 14.2 Å². The van der Waals surface area contributed by atoms with Crippen LogP contribution in [0.3, 0.4) is 0 Å². The minimum atomic E-state index is -0.503. The Hall–Kier alpha value is -1.89. The van der Waals surface area contributed by atoms with Crippen molar-refractivity contribution in [1.29, 1.82) is 0 Å². The second-order valence-electron chi connectivity index (χ2n) is 6.12. The lowest BCUT2D eigenvalue weighted by Crippen LogP contribution is -2.40. The summed E-state index contributed by atoms with van der Waals surface area (Å²) in [7, 11) is 1.61. The molecule has 0 unspecified atom stereocenters. The lowest BCUT2D eigenvalue weighted by Gasteiger charge is -2.30. The van der Waals surface area contributed by atoms with Crippen LogP contribution < -0.4 is 4.74 Å². The summed E-state index contributed by atoms with van der Waals surface area (Å²) in [4.78, 5) is 22.3. The van der Waals surface area contributed by atoms with Crippen molar-refractivity contribution in [1.82, 2.24) is 14.9 Å². The van der Waals surface area contributed by atoms with E-state index in [9.17, 15) is 4.79 Å². The van der Waals surface area contributed by atoms with Crippen LogP contribution in [-0.4, -0.2) is 53.4 Å². The molecule has 0 saturated heterocycles. The van der Waals surface area contributed by atoms with E-state index in [1.54, 1.807) is 18.2 Å². The molecule has 22 heavy (non-hydrogen) atoms. The van der Waals surface area contributed by atoms with Gasteiger partial charge in [0.15, 0.2) is 0 Å². The van der Waals surface area contributed by atoms with Crippen molar-refractivity contribution in [3.8, 4) is 6.01 Å². The summed E-state index contributed by atoms with van der Waals surface area (Å²) < 4.78 is 15.7. The zero-order chi connectivity index (χ0) is 16.2. The number of ether oxygens (including phenoxy) is 3. The van der Waals surface area contributed by atoms with E-state index in [1.165, 1.54) is 0 Å². The molecule has 2 heterocycles. The van der Waals surface area contributed by atoms with Crippen LogP contribution in [0.25, 0.3) is 0 Å². The van der Waals surface area contributed by atoms with Gasteiger partial charge in [-0.25, -0.2) is 9.78 Å². The first-order valence-corrected chi connectivity index (χ1v) is 7.33. The van der Waals surface area contributed by atoms with Crippen molar-refractivity contribution in [2.75, 3.05) is 26.9 Å². The van der Waals surface area contributed by atoms with Crippen LogP contribution in [0.4, 0.5) is 4.79 Å². The second kappa shape index (κ2) is 6.91. The molecule has 1 aromatic heterocycles. The number of aromatic nitrogens is 2. The Morgan fingerprint density at radius 1 is 1.36 bits per heavy atom. The number of rotatable bonds is 4. The molecule has 0 radical (unpaired) electrons. The summed E-state index contributed by atoms with van der Waals surface area (Å²) in [5, 5.41) is 0. The molecule has 2 rings (SSSR count). The molecule has 1 aromatic rings. The quantitative estimate of drug-likeness (QED) is 0.790. The van der Waals surface area contributed by atoms with Gasteiger partial charge in [-0.15, -0.1) is 0 Å². The summed E-state index contributed by atoms with van der Waals surface area (Å²) in [5.41, 5.74) is 1.34. The minimum absolute atomic E-state index is 0.307. The normalized spacial score (nSPS) is 14.5. The van der Waals surface area contributed by atoms with E-state index in [1.807, 2.05) is 20.8 Å². The van der Waals surface area contributed by atoms with Gasteiger partial charge in [-0.3, -0.25) is 0 Å². The minimum Gasteiger partial charge on any atom is -0.461 e. The zero-order valence-corrected chi connectivity index (χ0v) is 13.6. The number of hydrogen-bond acceptors (Lipinski definition) is 6. The molecule has 7 heteroatoms. The molecule has 0 aromatic carbocycles. The summed E-state index contributed by atoms with van der Waals surface area (Å²) >= 11 is 0. The predicted molar refractivity (Wildman–Crippen MR) is 79.8 cm³/mol. The van der Waals surface area contributed by atoms with Gasteiger partial charge in [-0.1, -0.05) is 0 Å². The van der Waals surface area contributed by atoms with Crippen LogP contribution in [0.2, 0.25) is 0 Å². The maximum Gasteiger partial charge on any atom is 0.410 e. The van der Waals surface area contributed by atoms with Crippen LogP contribution in [0, 0.1) is 0 Å². The topological polar surface area (TPSA) is 73.8 Å². The smallest absolute Gasteiger partial charge is 0.410 e. The van der Waals surface area contributed by atoms with Gasteiger partial charge in [0.25, 0.3) is 0 Å². The first kappa shape index (κ1) is 16.5. The lowest BCUT2D eigenvalue weighted by atomic mass is 10.1. The van der Waals surface area contributed by atoms with Crippen LogP contribution in [-0.2, 0) is 22.4 Å². The van der Waals surface area contributed by atoms with Crippen molar-refractivity contribution in [3.05, 3.63) is 17.5 Å². The molecule has 0 N–H and O–H groups in total. The van der Waals surface area contributed by atoms with Crippen LogP contribution in [0.15, 0.2) is 6.20 Å². The van der Waals surface area contributed by atoms with Crippen LogP contribution in [0.5, 0.6) is 6.01 Å². The number of amides is 1. The van der Waals surface area contributed by atoms with Gasteiger partial charge < -0.3 is 19.1 Å². The fourth-order valence-corrected chi connectivity index (χ4v) is 2.05. The highest BCUT2D eigenvalue weighted by atomic mass is 16.6. The van der Waals surface area contributed by atoms with Crippen LogP contribution in [0.1, 0.15) is 32.0 Å². The highest BCUT2D eigenvalue weighted by Gasteiger charge is 2.26. The molecular weight excluding hydrogens is 286 g/mol. The summed E-state index contributed by atoms with van der Waals surface area (Å²) in [6.45, 7) is 7.45. The van der Waals surface area contributed by atoms with Gasteiger partial charge in [0, 0.05) is 19.9 Å². The van der Waals surface area contributed by atoms with E-state index < -0.39 is 5.60 Å². The van der Waals surface area contributed by atoms with Crippen molar-refractivity contribution >= 4 is 6.09 Å². The molecule has 1 amide bonds. The predicted octanol–water partition coefficient (Wildman–Crippen LogP) is 1.80. The molecule has 0 aliphatic carbocycles. The number of carbonyl (C=O) groups excluding carboxylic acids is 1. The Morgan fingerprint density at radius 3 is 2.82 bits per heavy atom. The molecule has 1 aliphatic rings. The highest BCUT2D eigenvalue weighted by Crippen LogP contribution is 2.20. The van der Waals surface area contributed by atoms with E-state index in [-0.39, 0.29) is 6.09 Å². The largest absolute Gasteiger partial charge is 0.461 e. The van der Waals surface area contributed by atoms with Gasteiger partial charge in [0.2, 0.25) is 0 Å². The maximum absolute atomic E-state index is 12.1. The molecule has 0 atom stereocenters. The second-order valence-corrected chi connectivity index (χ2v) is 6.12. The number of hydrogen-bond donors (Lipinski definition) is 0. The van der Waals surface area contributed by atoms with Crippen molar-refractivity contribution < 1.29 is 19.0 Å². The molecule has 122 valence electrons. The Labute approximate surface area is 130 Å². The first-order chi connectivity index (χ1) is 10.4. The molecule has 0 bridgehead atoms. The fraction of sp³-hybridized carbons (Fsp3) is 0.667. The van der Waals surface area contributed by atoms with E-state index in [0.717, 1.165) is 11.3 Å². The average molecular weight is 309 g/mol. The van der Waals surface area contributed by atoms with Crippen molar-refractivity contribution in [2.45, 2.75) is 39.3 Å². The van der Waals surface area contributed by atoms with Gasteiger partial charge in [-0.05, 0) is 32.8 Å². The molecule has 7 nitrogen and oxygen atoms in total. The monoisotopic (exact) mass is 309 g/mol. The summed E-state index contributed by atoms with van der Waals surface area (Å²) in [6, 6.07) is 0.307. The number of fused-ring (bicyclic) bond motifs is 1. The molecule has 1 aliphatic heterocycles. The van der Waals surface area contributed by atoms with Crippen LogP contribution >= 0.6 is 0 Å². The fourth-order valence-electron chi connectivity index (χ4n) is 2.05. The molecule has 0 fully saturated rings. The number of carbonyl (C=O) groups is 1. The molecule has 0 saturated carbocycles. The maximum atomic E-state index is 12.1. The summed E-state index contributed by atoms with van der Waals surface area (Å²) in [6.07, 6.45) is 2.16. The third-order valence-corrected chi connectivity index (χ3v) is 3.09. The van der Waals surface area contributed by atoms with Gasteiger partial charge >= 0.3 is 12.1 Å². The Bertz CT molecular complexity index is 528. The van der Waals surface area contributed by atoms with E-state index in [2.05, 4.69) is 9.97 Å². The lowest BCUT2D eigenvalue weighted by molar-refractivity contribution is 0.0219. The first-order valence-electron chi connectivity index (χ1n) is 7.33. The standard InChI is InChI=1S/C15H23N3O4/c1-15(2,3)22-14(19)18-6-5-11-9-16-13(17-12(11)10-18)21-8-7-20-4/h9H,5-8,10H2,1-4H3. The van der Waals surface area contributed by atoms with E-state index in [0.29, 0.717) is 38.7 Å². The number of nitrogens with zero attached hydrogens (tertiary/aromatic N) is 3. The van der Waals surface area contributed by atoms with Crippen molar-refractivity contribution in [2.24, 2.45) is 0 Å². The third-order valence-electron chi connectivity index (χ3n) is 3.09. The molecule has 0 spiro atoms. The third kappa shape index (κ3) is 4.56. The molecular formula is C15H23N3O4. The van der Waals surface area contributed by atoms with Crippen molar-refractivity contribution in [3.63, 3.8) is 0 Å². The average Bonchev–Trinajstić information content (AvgIpc) is 2.45.